The summed E-state index contributed by atoms with van der Waals surface area (Å²) in [5.74, 6) is 0.00480. The van der Waals surface area contributed by atoms with E-state index in [-0.39, 0.29) is 11.6 Å². The maximum Gasteiger partial charge on any atom is 0.195 e. The van der Waals surface area contributed by atoms with Crippen molar-refractivity contribution in [3.63, 3.8) is 0 Å². The second kappa shape index (κ2) is 14.1. The molecule has 2 aliphatic carbocycles. The van der Waals surface area contributed by atoms with E-state index in [4.69, 9.17) is 0 Å². The van der Waals surface area contributed by atoms with E-state index in [1.165, 1.54) is 0 Å². The van der Waals surface area contributed by atoms with Crippen molar-refractivity contribution in [3.05, 3.63) is 251 Å². The van der Waals surface area contributed by atoms with Gasteiger partial charge in [-0.3, -0.25) is 9.59 Å². The number of benzene rings is 7. The van der Waals surface area contributed by atoms with Crippen LogP contribution >= 0.6 is 0 Å². The predicted molar refractivity (Wildman–Crippen MR) is 222 cm³/mol. The Morgan fingerprint density at radius 3 is 0.500 bits per heavy atom. The molecule has 7 aromatic carbocycles. The van der Waals surface area contributed by atoms with Gasteiger partial charge in [0.15, 0.2) is 11.6 Å². The monoisotopic (exact) mass is 690 g/mol. The summed E-state index contributed by atoms with van der Waals surface area (Å²) in [6.07, 6.45) is 0. The number of hydrogen-bond donors (Lipinski definition) is 0. The van der Waals surface area contributed by atoms with Gasteiger partial charge >= 0.3 is 0 Å². The molecule has 0 heterocycles. The highest BCUT2D eigenvalue weighted by molar-refractivity contribution is 6.60. The van der Waals surface area contributed by atoms with Gasteiger partial charge in [0, 0.05) is 44.6 Å². The molecule has 2 heteroatoms. The lowest BCUT2D eigenvalue weighted by molar-refractivity contribution is -0.109. The lowest BCUT2D eigenvalue weighted by Gasteiger charge is -2.16. The van der Waals surface area contributed by atoms with Gasteiger partial charge in [0.2, 0.25) is 0 Å². The Balaban J connectivity index is 1.29. The van der Waals surface area contributed by atoms with Crippen LogP contribution in [0.25, 0.3) is 44.6 Å². The average molecular weight is 691 g/mol. The summed E-state index contributed by atoms with van der Waals surface area (Å²) in [6.45, 7) is 0. The lowest BCUT2D eigenvalue weighted by atomic mass is 9.86. The van der Waals surface area contributed by atoms with E-state index in [0.29, 0.717) is 22.3 Å². The Hall–Kier alpha value is -7.16. The lowest BCUT2D eigenvalue weighted by Crippen LogP contribution is -2.02. The molecule has 0 atom stereocenters. The molecule has 0 aromatic heterocycles. The van der Waals surface area contributed by atoms with Crippen molar-refractivity contribution in [1.82, 2.24) is 0 Å². The molecule has 0 saturated carbocycles. The fourth-order valence-corrected chi connectivity index (χ4v) is 7.89. The van der Waals surface area contributed by atoms with Crippen LogP contribution in [0.5, 0.6) is 0 Å². The molecule has 0 saturated heterocycles. The molecule has 54 heavy (non-hydrogen) atoms. The van der Waals surface area contributed by atoms with Gasteiger partial charge in [-0.15, -0.1) is 0 Å². The highest BCUT2D eigenvalue weighted by Crippen LogP contribution is 2.52. The molecule has 0 spiro atoms. The minimum Gasteiger partial charge on any atom is -0.289 e. The minimum absolute atomic E-state index is 0.00240. The fourth-order valence-electron chi connectivity index (χ4n) is 7.89. The second-order valence-electron chi connectivity index (χ2n) is 13.4. The summed E-state index contributed by atoms with van der Waals surface area (Å²) in [6, 6.07) is 68.7. The van der Waals surface area contributed by atoms with Crippen LogP contribution in [0.2, 0.25) is 0 Å². The Morgan fingerprint density at radius 1 is 0.167 bits per heavy atom. The highest BCUT2D eigenvalue weighted by atomic mass is 16.1. The normalized spacial score (nSPS) is 14.4. The zero-order chi connectivity index (χ0) is 36.4. The van der Waals surface area contributed by atoms with E-state index in [9.17, 15) is 9.59 Å². The van der Waals surface area contributed by atoms with Gasteiger partial charge in [-0.2, -0.15) is 0 Å². The quantitative estimate of drug-likeness (QED) is 0.159. The molecule has 0 unspecified atom stereocenters. The Kier molecular flexibility index (Phi) is 8.55. The summed E-state index contributed by atoms with van der Waals surface area (Å²) < 4.78 is 0. The Morgan fingerprint density at radius 2 is 0.315 bits per heavy atom. The SMILES string of the molecule is O=C1C(c2ccccc2)=C(c2ccccc2)C(c2ccc(C3=C(c4ccccc4)C(=O)C(c4ccccc4)=C3c3ccccc3)cc2)=C1c1ccccc1. The number of hydrogen-bond acceptors (Lipinski definition) is 2. The van der Waals surface area contributed by atoms with E-state index < -0.39 is 0 Å². The first kappa shape index (κ1) is 32.7. The molecule has 0 amide bonds. The molecule has 254 valence electrons. The van der Waals surface area contributed by atoms with Crippen molar-refractivity contribution in [2.75, 3.05) is 0 Å². The predicted octanol–water partition coefficient (Wildman–Crippen LogP) is 11.9. The number of rotatable bonds is 8. The fraction of sp³-hybridized carbons (Fsp3) is 0. The first-order valence-electron chi connectivity index (χ1n) is 18.2. The molecule has 7 aromatic rings. The van der Waals surface area contributed by atoms with Crippen LogP contribution < -0.4 is 0 Å². The van der Waals surface area contributed by atoms with Gasteiger partial charge in [-0.1, -0.05) is 206 Å². The summed E-state index contributed by atoms with van der Waals surface area (Å²) in [5.41, 5.74) is 13.7. The summed E-state index contributed by atoms with van der Waals surface area (Å²) in [4.78, 5) is 29.6. The van der Waals surface area contributed by atoms with E-state index in [1.807, 2.05) is 158 Å². The van der Waals surface area contributed by atoms with Crippen LogP contribution in [-0.4, -0.2) is 11.6 Å². The van der Waals surface area contributed by atoms with Gasteiger partial charge in [-0.05, 0) is 44.5 Å². The standard InChI is InChI=1S/C52H34O2/c53-51-47(37-23-11-3-12-24-37)43(35-19-7-1-8-20-35)45(49(51)39-27-15-5-16-28-39)41-31-33-42(34-32-41)46-44(36-21-9-2-10-22-36)48(38-25-13-4-14-26-38)52(54)50(46)40-29-17-6-18-30-40/h1-34H. The summed E-state index contributed by atoms with van der Waals surface area (Å²) in [7, 11) is 0. The molecular weight excluding hydrogens is 657 g/mol. The van der Waals surface area contributed by atoms with E-state index >= 15 is 0 Å². The van der Waals surface area contributed by atoms with Crippen molar-refractivity contribution >= 4 is 56.2 Å². The zero-order valence-electron chi connectivity index (χ0n) is 29.4. The minimum atomic E-state index is 0.00240. The Bertz CT molecular complexity index is 2460. The third kappa shape index (κ3) is 5.71. The van der Waals surface area contributed by atoms with Crippen LogP contribution in [0.15, 0.2) is 206 Å². The first-order chi connectivity index (χ1) is 26.7. The van der Waals surface area contributed by atoms with E-state index in [1.54, 1.807) is 0 Å². The van der Waals surface area contributed by atoms with Gasteiger partial charge < -0.3 is 0 Å². The third-order valence-electron chi connectivity index (χ3n) is 10.2. The molecule has 0 bridgehead atoms. The van der Waals surface area contributed by atoms with E-state index in [2.05, 4.69) is 48.5 Å². The molecular formula is C52H34O2. The van der Waals surface area contributed by atoms with Crippen molar-refractivity contribution in [3.8, 4) is 0 Å². The van der Waals surface area contributed by atoms with Gasteiger partial charge in [-0.25, -0.2) is 0 Å². The molecule has 0 aliphatic heterocycles. The molecule has 2 aliphatic rings. The molecule has 0 radical (unpaired) electrons. The van der Waals surface area contributed by atoms with Crippen molar-refractivity contribution in [2.24, 2.45) is 0 Å². The van der Waals surface area contributed by atoms with Crippen LogP contribution in [0, 0.1) is 0 Å². The van der Waals surface area contributed by atoms with Crippen molar-refractivity contribution in [1.29, 1.82) is 0 Å². The van der Waals surface area contributed by atoms with Crippen molar-refractivity contribution in [2.45, 2.75) is 0 Å². The number of allylic oxidation sites excluding steroid dienone is 8. The third-order valence-corrected chi connectivity index (χ3v) is 10.2. The summed E-state index contributed by atoms with van der Waals surface area (Å²) >= 11 is 0. The van der Waals surface area contributed by atoms with Gasteiger partial charge in [0.1, 0.15) is 0 Å². The number of carbonyl (C=O) groups excluding carboxylic acids is 2. The van der Waals surface area contributed by atoms with Crippen LogP contribution in [-0.2, 0) is 9.59 Å². The van der Waals surface area contributed by atoms with Crippen LogP contribution in [0.4, 0.5) is 0 Å². The molecule has 2 nitrogen and oxygen atoms in total. The smallest absolute Gasteiger partial charge is 0.195 e. The maximum absolute atomic E-state index is 14.8. The maximum atomic E-state index is 14.8. The summed E-state index contributed by atoms with van der Waals surface area (Å²) in [5, 5.41) is 0. The molecule has 0 N–H and O–H groups in total. The zero-order valence-corrected chi connectivity index (χ0v) is 29.4. The Labute approximate surface area is 315 Å². The van der Waals surface area contributed by atoms with E-state index in [0.717, 1.165) is 66.8 Å². The van der Waals surface area contributed by atoms with Gasteiger partial charge in [0.05, 0.1) is 0 Å². The number of Topliss-reactive ketones (excluding diaryl/α,β-unsaturated/α-hetero) is 2. The van der Waals surface area contributed by atoms with Crippen molar-refractivity contribution < 1.29 is 9.59 Å². The number of carbonyl (C=O) groups is 2. The largest absolute Gasteiger partial charge is 0.289 e. The van der Waals surface area contributed by atoms with Crippen LogP contribution in [0.1, 0.15) is 44.5 Å². The highest BCUT2D eigenvalue weighted by Gasteiger charge is 2.37. The van der Waals surface area contributed by atoms with Gasteiger partial charge in [0.25, 0.3) is 0 Å². The van der Waals surface area contributed by atoms with Crippen LogP contribution in [0.3, 0.4) is 0 Å². The molecule has 0 fully saturated rings. The number of ketones is 2. The topological polar surface area (TPSA) is 34.1 Å². The first-order valence-corrected chi connectivity index (χ1v) is 18.2. The second-order valence-corrected chi connectivity index (χ2v) is 13.4. The molecule has 9 rings (SSSR count). The average Bonchev–Trinajstić information content (AvgIpc) is 3.73.